The fraction of sp³-hybridized carbons (Fsp3) is 0.688. The molecule has 0 radical (unpaired) electrons. The monoisotopic (exact) mass is 403 g/mol. The zero-order chi connectivity index (χ0) is 21.9. The van der Waals surface area contributed by atoms with Crippen LogP contribution in [0.3, 0.4) is 0 Å². The molecule has 12 nitrogen and oxygen atoms in total. The smallest absolute Gasteiger partial charge is 0.326 e. The Bertz CT molecular complexity index is 582. The Labute approximate surface area is 162 Å². The summed E-state index contributed by atoms with van der Waals surface area (Å²) in [6.07, 6.45) is -0.201. The van der Waals surface area contributed by atoms with E-state index in [9.17, 15) is 34.2 Å². The van der Waals surface area contributed by atoms with Crippen molar-refractivity contribution < 1.29 is 34.2 Å². The first kappa shape index (κ1) is 25.3. The maximum absolute atomic E-state index is 12.4. The molecule has 0 aliphatic heterocycles. The molecule has 28 heavy (non-hydrogen) atoms. The molecule has 0 bridgehead atoms. The van der Waals surface area contributed by atoms with Gasteiger partial charge >= 0.3 is 5.97 Å². The largest absolute Gasteiger partial charge is 0.480 e. The first-order valence-corrected chi connectivity index (χ1v) is 8.73. The summed E-state index contributed by atoms with van der Waals surface area (Å²) in [5, 5.41) is 25.3. The Hall–Kier alpha value is -2.73. The Balaban J connectivity index is 5.10. The van der Waals surface area contributed by atoms with E-state index < -0.39 is 60.9 Å². The Morgan fingerprint density at radius 1 is 0.929 bits per heavy atom. The molecule has 0 unspecified atom stereocenters. The molecule has 0 aromatic rings. The van der Waals surface area contributed by atoms with Crippen molar-refractivity contribution in [3.8, 4) is 0 Å². The number of nitrogens with two attached hydrogens (primary N) is 2. The zero-order valence-corrected chi connectivity index (χ0v) is 15.9. The van der Waals surface area contributed by atoms with Crippen LogP contribution in [0.25, 0.3) is 0 Å². The number of rotatable bonds is 13. The molecule has 4 amide bonds. The maximum atomic E-state index is 12.4. The molecular weight excluding hydrogens is 374 g/mol. The Morgan fingerprint density at radius 2 is 1.46 bits per heavy atom. The van der Waals surface area contributed by atoms with Crippen LogP contribution in [0.2, 0.25) is 0 Å². The van der Waals surface area contributed by atoms with Gasteiger partial charge in [0.05, 0.1) is 13.2 Å². The molecule has 0 saturated carbocycles. The lowest BCUT2D eigenvalue weighted by molar-refractivity contribution is -0.143. The SMILES string of the molecule is CC(C)C[C@H](NC(=O)[C@H](CO)NC(=O)[C@H](CCC(N)=O)NC(=O)CN)C(=O)O. The van der Waals surface area contributed by atoms with E-state index in [-0.39, 0.29) is 25.2 Å². The normalized spacial score (nSPS) is 13.9. The van der Waals surface area contributed by atoms with Crippen LogP contribution in [-0.4, -0.2) is 71.1 Å². The average molecular weight is 403 g/mol. The highest BCUT2D eigenvalue weighted by atomic mass is 16.4. The highest BCUT2D eigenvalue weighted by molar-refractivity contribution is 5.93. The maximum Gasteiger partial charge on any atom is 0.326 e. The topological polar surface area (TPSA) is 214 Å². The van der Waals surface area contributed by atoms with Gasteiger partial charge in [0.1, 0.15) is 18.1 Å². The molecule has 0 aromatic heterocycles. The number of aliphatic carboxylic acids is 1. The number of carboxylic acids is 1. The number of hydrogen-bond acceptors (Lipinski definition) is 7. The predicted molar refractivity (Wildman–Crippen MR) is 97.5 cm³/mol. The number of primary amides is 1. The second-order valence-electron chi connectivity index (χ2n) is 6.60. The van der Waals surface area contributed by atoms with Gasteiger partial charge in [-0.2, -0.15) is 0 Å². The van der Waals surface area contributed by atoms with Gasteiger partial charge in [0.2, 0.25) is 23.6 Å². The average Bonchev–Trinajstić information content (AvgIpc) is 2.61. The fourth-order valence-corrected chi connectivity index (χ4v) is 2.24. The van der Waals surface area contributed by atoms with Crippen LogP contribution in [-0.2, 0) is 24.0 Å². The number of hydrogen-bond donors (Lipinski definition) is 7. The lowest BCUT2D eigenvalue weighted by atomic mass is 10.0. The summed E-state index contributed by atoms with van der Waals surface area (Å²) in [5.41, 5.74) is 10.2. The van der Waals surface area contributed by atoms with Crippen molar-refractivity contribution in [3.63, 3.8) is 0 Å². The van der Waals surface area contributed by atoms with E-state index >= 15 is 0 Å². The first-order valence-electron chi connectivity index (χ1n) is 8.73. The molecule has 160 valence electrons. The van der Waals surface area contributed by atoms with Gasteiger partial charge in [0.15, 0.2) is 0 Å². The van der Waals surface area contributed by atoms with Crippen LogP contribution >= 0.6 is 0 Å². The van der Waals surface area contributed by atoms with Gasteiger partial charge in [-0.1, -0.05) is 13.8 Å². The van der Waals surface area contributed by atoms with Crippen molar-refractivity contribution >= 4 is 29.6 Å². The van der Waals surface area contributed by atoms with Crippen molar-refractivity contribution in [2.24, 2.45) is 17.4 Å². The van der Waals surface area contributed by atoms with E-state index in [1.165, 1.54) is 0 Å². The summed E-state index contributed by atoms with van der Waals surface area (Å²) in [7, 11) is 0. The van der Waals surface area contributed by atoms with Gasteiger partial charge in [-0.05, 0) is 18.8 Å². The van der Waals surface area contributed by atoms with E-state index in [1.54, 1.807) is 13.8 Å². The minimum Gasteiger partial charge on any atom is -0.480 e. The number of aliphatic hydroxyl groups excluding tert-OH is 1. The molecule has 0 aliphatic rings. The van der Waals surface area contributed by atoms with E-state index in [2.05, 4.69) is 16.0 Å². The van der Waals surface area contributed by atoms with E-state index in [0.29, 0.717) is 0 Å². The van der Waals surface area contributed by atoms with Crippen molar-refractivity contribution in [2.45, 2.75) is 51.2 Å². The van der Waals surface area contributed by atoms with Crippen molar-refractivity contribution in [1.82, 2.24) is 16.0 Å². The van der Waals surface area contributed by atoms with Crippen LogP contribution in [0, 0.1) is 5.92 Å². The van der Waals surface area contributed by atoms with Crippen LogP contribution < -0.4 is 27.4 Å². The second-order valence-corrected chi connectivity index (χ2v) is 6.60. The summed E-state index contributed by atoms with van der Waals surface area (Å²) < 4.78 is 0. The third kappa shape index (κ3) is 9.83. The summed E-state index contributed by atoms with van der Waals surface area (Å²) in [6, 6.07) is -3.86. The highest BCUT2D eigenvalue weighted by Gasteiger charge is 2.29. The lowest BCUT2D eigenvalue weighted by Gasteiger charge is -2.23. The van der Waals surface area contributed by atoms with Crippen molar-refractivity contribution in [3.05, 3.63) is 0 Å². The van der Waals surface area contributed by atoms with E-state index in [1.807, 2.05) is 0 Å². The third-order valence-electron chi connectivity index (χ3n) is 3.65. The standard InChI is InChI=1S/C16H29N5O7/c1-8(2)5-10(16(27)28)20-15(26)11(7-22)21-14(25)9(3-4-12(18)23)19-13(24)6-17/h8-11,22H,3-7,17H2,1-2H3,(H2,18,23)(H,19,24)(H,20,26)(H,21,25)(H,27,28)/t9-,10-,11-/m0/s1. The number of amides is 4. The number of aliphatic hydroxyl groups is 1. The lowest BCUT2D eigenvalue weighted by Crippen LogP contribution is -2.57. The zero-order valence-electron chi connectivity index (χ0n) is 15.9. The molecular formula is C16H29N5O7. The third-order valence-corrected chi connectivity index (χ3v) is 3.65. The molecule has 0 heterocycles. The first-order chi connectivity index (χ1) is 13.0. The summed E-state index contributed by atoms with van der Waals surface area (Å²) in [4.78, 5) is 58.2. The molecule has 9 N–H and O–H groups in total. The molecule has 0 rings (SSSR count). The molecule has 0 aromatic carbocycles. The van der Waals surface area contributed by atoms with Crippen LogP contribution in [0.15, 0.2) is 0 Å². The summed E-state index contributed by atoms with van der Waals surface area (Å²) in [6.45, 7) is 2.34. The molecule has 0 fully saturated rings. The molecule has 3 atom stereocenters. The number of carbonyl (C=O) groups is 5. The molecule has 0 spiro atoms. The Kier molecular flexibility index (Phi) is 11.4. The quantitative estimate of drug-likeness (QED) is 0.166. The fourth-order valence-electron chi connectivity index (χ4n) is 2.24. The molecule has 0 aliphatic carbocycles. The summed E-state index contributed by atoms with van der Waals surface area (Å²) >= 11 is 0. The van der Waals surface area contributed by atoms with Gasteiger partial charge in [0.25, 0.3) is 0 Å². The number of carboxylic acid groups (broad SMARTS) is 1. The second kappa shape index (κ2) is 12.6. The molecule has 12 heteroatoms. The predicted octanol–water partition coefficient (Wildman–Crippen LogP) is -3.21. The van der Waals surface area contributed by atoms with Crippen LogP contribution in [0.1, 0.15) is 33.1 Å². The van der Waals surface area contributed by atoms with Crippen LogP contribution in [0.4, 0.5) is 0 Å². The minimum atomic E-state index is -1.45. The van der Waals surface area contributed by atoms with Gasteiger partial charge in [0, 0.05) is 6.42 Å². The molecule has 0 saturated heterocycles. The van der Waals surface area contributed by atoms with Gasteiger partial charge in [-0.15, -0.1) is 0 Å². The van der Waals surface area contributed by atoms with E-state index in [4.69, 9.17) is 11.5 Å². The highest BCUT2D eigenvalue weighted by Crippen LogP contribution is 2.05. The van der Waals surface area contributed by atoms with Gasteiger partial charge in [-0.3, -0.25) is 19.2 Å². The van der Waals surface area contributed by atoms with Gasteiger partial charge < -0.3 is 37.6 Å². The van der Waals surface area contributed by atoms with Crippen LogP contribution in [0.5, 0.6) is 0 Å². The van der Waals surface area contributed by atoms with Gasteiger partial charge in [-0.25, -0.2) is 4.79 Å². The van der Waals surface area contributed by atoms with Crippen molar-refractivity contribution in [1.29, 1.82) is 0 Å². The Morgan fingerprint density at radius 3 is 1.89 bits per heavy atom. The van der Waals surface area contributed by atoms with Crippen molar-refractivity contribution in [2.75, 3.05) is 13.2 Å². The minimum absolute atomic E-state index is 0.0202. The number of nitrogens with one attached hydrogen (secondary N) is 3. The summed E-state index contributed by atoms with van der Waals surface area (Å²) in [5.74, 6) is -4.39. The number of carbonyl (C=O) groups excluding carboxylic acids is 4. The van der Waals surface area contributed by atoms with E-state index in [0.717, 1.165) is 0 Å².